The number of primary amides is 1. The van der Waals surface area contributed by atoms with Gasteiger partial charge in [-0.25, -0.2) is 0 Å². The average molecular weight is 367 g/mol. The molecule has 0 aliphatic carbocycles. The normalized spacial score (nSPS) is 16.4. The highest BCUT2D eigenvalue weighted by atomic mass is 16.5. The summed E-state index contributed by atoms with van der Waals surface area (Å²) in [5.41, 5.74) is 8.41. The van der Waals surface area contributed by atoms with Crippen LogP contribution in [-0.2, 0) is 13.0 Å². The van der Waals surface area contributed by atoms with Crippen molar-refractivity contribution in [3.8, 4) is 5.75 Å². The first-order valence-electron chi connectivity index (χ1n) is 10.0. The van der Waals surface area contributed by atoms with Gasteiger partial charge in [-0.05, 0) is 55.1 Å². The van der Waals surface area contributed by atoms with E-state index in [9.17, 15) is 4.79 Å². The van der Waals surface area contributed by atoms with Gasteiger partial charge in [0, 0.05) is 18.2 Å². The molecule has 0 fully saturated rings. The van der Waals surface area contributed by atoms with Gasteiger partial charge in [-0.15, -0.1) is 0 Å². The van der Waals surface area contributed by atoms with E-state index in [2.05, 4.69) is 42.2 Å². The summed E-state index contributed by atoms with van der Waals surface area (Å²) >= 11 is 0. The van der Waals surface area contributed by atoms with Crippen LogP contribution in [0.2, 0.25) is 0 Å². The van der Waals surface area contributed by atoms with E-state index < -0.39 is 0 Å². The minimum atomic E-state index is -0.385. The largest absolute Gasteiger partial charge is 0.492 e. The number of ether oxygens (including phenoxy) is 1. The van der Waals surface area contributed by atoms with Gasteiger partial charge in [0.1, 0.15) is 12.4 Å². The van der Waals surface area contributed by atoms with Crippen LogP contribution in [0, 0.1) is 0 Å². The summed E-state index contributed by atoms with van der Waals surface area (Å²) < 4.78 is 6.13. The number of carbonyl (C=O) groups is 1. The number of carbonyl (C=O) groups excluding carboxylic acids is 1. The van der Waals surface area contributed by atoms with Crippen LogP contribution in [0.3, 0.4) is 0 Å². The molecule has 0 saturated heterocycles. The summed E-state index contributed by atoms with van der Waals surface area (Å²) in [5, 5.41) is 0. The zero-order valence-corrected chi connectivity index (χ0v) is 16.2. The van der Waals surface area contributed by atoms with Gasteiger partial charge in [0.05, 0.1) is 0 Å². The summed E-state index contributed by atoms with van der Waals surface area (Å²) in [6.45, 7) is 4.95. The van der Waals surface area contributed by atoms with E-state index in [0.29, 0.717) is 18.2 Å². The van der Waals surface area contributed by atoms with E-state index in [1.165, 1.54) is 24.8 Å². The minimum Gasteiger partial charge on any atom is -0.492 e. The predicted molar refractivity (Wildman–Crippen MR) is 109 cm³/mol. The van der Waals surface area contributed by atoms with E-state index in [1.54, 1.807) is 6.07 Å². The van der Waals surface area contributed by atoms with Gasteiger partial charge in [0.25, 0.3) is 0 Å². The first-order valence-corrected chi connectivity index (χ1v) is 10.0. The number of rotatable bonds is 8. The van der Waals surface area contributed by atoms with Crippen molar-refractivity contribution in [2.75, 3.05) is 13.2 Å². The SMILES string of the molecule is CCCCCN(Cc1ccccc1)C1CCc2cc(C(N)=O)ccc2OC1. The van der Waals surface area contributed by atoms with Crippen LogP contribution in [0.1, 0.15) is 54.1 Å². The Kier molecular flexibility index (Phi) is 6.88. The second-order valence-electron chi connectivity index (χ2n) is 7.35. The highest BCUT2D eigenvalue weighted by molar-refractivity contribution is 5.93. The fourth-order valence-corrected chi connectivity index (χ4v) is 3.72. The van der Waals surface area contributed by atoms with Crippen molar-refractivity contribution in [1.29, 1.82) is 0 Å². The van der Waals surface area contributed by atoms with Crippen LogP contribution < -0.4 is 10.5 Å². The van der Waals surface area contributed by atoms with Gasteiger partial charge in [-0.1, -0.05) is 50.1 Å². The number of nitrogens with zero attached hydrogens (tertiary/aromatic N) is 1. The Morgan fingerprint density at radius 1 is 1.19 bits per heavy atom. The maximum Gasteiger partial charge on any atom is 0.248 e. The van der Waals surface area contributed by atoms with Crippen molar-refractivity contribution in [3.63, 3.8) is 0 Å². The molecule has 4 nitrogen and oxygen atoms in total. The zero-order valence-electron chi connectivity index (χ0n) is 16.2. The Balaban J connectivity index is 1.71. The van der Waals surface area contributed by atoms with Crippen LogP contribution >= 0.6 is 0 Å². The van der Waals surface area contributed by atoms with Crippen LogP contribution in [0.25, 0.3) is 0 Å². The number of fused-ring (bicyclic) bond motifs is 1. The van der Waals surface area contributed by atoms with Gasteiger partial charge >= 0.3 is 0 Å². The van der Waals surface area contributed by atoms with Crippen molar-refractivity contribution in [3.05, 3.63) is 65.2 Å². The van der Waals surface area contributed by atoms with Crippen molar-refractivity contribution < 1.29 is 9.53 Å². The summed E-state index contributed by atoms with van der Waals surface area (Å²) in [6, 6.07) is 16.5. The average Bonchev–Trinajstić information content (AvgIpc) is 2.90. The molecule has 0 aromatic heterocycles. The first kappa shape index (κ1) is 19.4. The molecule has 2 aromatic carbocycles. The number of benzene rings is 2. The fourth-order valence-electron chi connectivity index (χ4n) is 3.72. The number of hydrogen-bond acceptors (Lipinski definition) is 3. The van der Waals surface area contributed by atoms with E-state index in [1.807, 2.05) is 12.1 Å². The van der Waals surface area contributed by atoms with Crippen molar-refractivity contribution >= 4 is 5.91 Å². The molecule has 4 heteroatoms. The lowest BCUT2D eigenvalue weighted by Gasteiger charge is -2.30. The third kappa shape index (κ3) is 5.33. The van der Waals surface area contributed by atoms with E-state index in [4.69, 9.17) is 10.5 Å². The third-order valence-electron chi connectivity index (χ3n) is 5.32. The second kappa shape index (κ2) is 9.56. The molecule has 1 unspecified atom stereocenters. The Bertz CT molecular complexity index is 745. The van der Waals surface area contributed by atoms with Gasteiger partial charge < -0.3 is 10.5 Å². The molecule has 1 heterocycles. The Morgan fingerprint density at radius 2 is 2.00 bits per heavy atom. The summed E-state index contributed by atoms with van der Waals surface area (Å²) in [7, 11) is 0. The first-order chi connectivity index (χ1) is 13.2. The smallest absolute Gasteiger partial charge is 0.248 e. The van der Waals surface area contributed by atoms with Gasteiger partial charge in [-0.3, -0.25) is 9.69 Å². The van der Waals surface area contributed by atoms with E-state index >= 15 is 0 Å². The van der Waals surface area contributed by atoms with Crippen LogP contribution in [-0.4, -0.2) is 30.0 Å². The van der Waals surface area contributed by atoms with Crippen molar-refractivity contribution in [1.82, 2.24) is 4.90 Å². The molecule has 1 atom stereocenters. The minimum absolute atomic E-state index is 0.367. The summed E-state index contributed by atoms with van der Waals surface area (Å²) in [6.07, 6.45) is 5.61. The maximum atomic E-state index is 11.5. The predicted octanol–water partition coefficient (Wildman–Crippen LogP) is 4.17. The molecular formula is C23H30N2O2. The van der Waals surface area contributed by atoms with Gasteiger partial charge in [0.15, 0.2) is 0 Å². The lowest BCUT2D eigenvalue weighted by atomic mass is 10.0. The topological polar surface area (TPSA) is 55.6 Å². The Morgan fingerprint density at radius 3 is 2.74 bits per heavy atom. The fraction of sp³-hybridized carbons (Fsp3) is 0.435. The van der Waals surface area contributed by atoms with E-state index in [-0.39, 0.29) is 5.91 Å². The van der Waals surface area contributed by atoms with Gasteiger partial charge in [0.2, 0.25) is 5.91 Å². The van der Waals surface area contributed by atoms with Crippen molar-refractivity contribution in [2.45, 2.75) is 51.6 Å². The number of aryl methyl sites for hydroxylation is 1. The zero-order chi connectivity index (χ0) is 19.1. The molecule has 2 N–H and O–H groups in total. The quantitative estimate of drug-likeness (QED) is 0.713. The molecule has 144 valence electrons. The second-order valence-corrected chi connectivity index (χ2v) is 7.35. The number of nitrogens with two attached hydrogens (primary N) is 1. The molecule has 0 radical (unpaired) electrons. The standard InChI is InChI=1S/C23H30N2O2/c1-2-3-7-14-25(16-18-8-5-4-6-9-18)21-12-10-19-15-20(23(24)26)11-13-22(19)27-17-21/h4-6,8-9,11,13,15,21H,2-3,7,10,12,14,16-17H2,1H3,(H2,24,26). The van der Waals surface area contributed by atoms with Crippen LogP contribution in [0.4, 0.5) is 0 Å². The lowest BCUT2D eigenvalue weighted by Crippen LogP contribution is -2.39. The highest BCUT2D eigenvalue weighted by Gasteiger charge is 2.23. The van der Waals surface area contributed by atoms with E-state index in [0.717, 1.165) is 37.2 Å². The molecule has 1 aliphatic rings. The number of hydrogen-bond donors (Lipinski definition) is 1. The molecular weight excluding hydrogens is 336 g/mol. The van der Waals surface area contributed by atoms with Crippen LogP contribution in [0.5, 0.6) is 5.75 Å². The Labute approximate surface area is 162 Å². The highest BCUT2D eigenvalue weighted by Crippen LogP contribution is 2.27. The van der Waals surface area contributed by atoms with Crippen LogP contribution in [0.15, 0.2) is 48.5 Å². The third-order valence-corrected chi connectivity index (χ3v) is 5.32. The number of unbranched alkanes of at least 4 members (excludes halogenated alkanes) is 2. The molecule has 2 aromatic rings. The Hall–Kier alpha value is -2.33. The van der Waals surface area contributed by atoms with Crippen molar-refractivity contribution in [2.24, 2.45) is 5.73 Å². The molecule has 3 rings (SSSR count). The molecule has 1 aliphatic heterocycles. The number of amides is 1. The lowest BCUT2D eigenvalue weighted by molar-refractivity contribution is 0.1000. The molecule has 0 saturated carbocycles. The van der Waals surface area contributed by atoms with Gasteiger partial charge in [-0.2, -0.15) is 0 Å². The molecule has 0 spiro atoms. The molecule has 0 bridgehead atoms. The summed E-state index contributed by atoms with van der Waals surface area (Å²) in [5.74, 6) is 0.500. The molecule has 1 amide bonds. The maximum absolute atomic E-state index is 11.5. The monoisotopic (exact) mass is 366 g/mol. The molecule has 27 heavy (non-hydrogen) atoms. The summed E-state index contributed by atoms with van der Waals surface area (Å²) in [4.78, 5) is 14.0.